The lowest BCUT2D eigenvalue weighted by atomic mass is 9.94. The molecule has 1 N–H and O–H groups in total. The van der Waals surface area contributed by atoms with Gasteiger partial charge in [0.1, 0.15) is 17.6 Å². The van der Waals surface area contributed by atoms with Crippen molar-refractivity contribution in [2.75, 3.05) is 32.8 Å². The molecule has 2 aliphatic rings. The molecule has 210 valence electrons. The van der Waals surface area contributed by atoms with E-state index in [1.54, 1.807) is 23.1 Å². The number of hydrogen-bond donors (Lipinski definition) is 1. The minimum atomic E-state index is -0.749. The Kier molecular flexibility index (Phi) is 9.33. The third-order valence-electron chi connectivity index (χ3n) is 7.75. The maximum atomic E-state index is 13.9. The first-order valence-corrected chi connectivity index (χ1v) is 14.4. The van der Waals surface area contributed by atoms with Crippen LogP contribution in [0.1, 0.15) is 70.2 Å². The van der Waals surface area contributed by atoms with Gasteiger partial charge in [-0.25, -0.2) is 0 Å². The van der Waals surface area contributed by atoms with Crippen molar-refractivity contribution in [1.82, 2.24) is 4.90 Å². The zero-order chi connectivity index (χ0) is 28.1. The van der Waals surface area contributed by atoms with E-state index in [1.165, 1.54) is 4.90 Å². The summed E-state index contributed by atoms with van der Waals surface area (Å²) in [7, 11) is 0. The van der Waals surface area contributed by atoms with Gasteiger partial charge in [-0.2, -0.15) is 0 Å². The number of benzene rings is 2. The Labute approximate surface area is 232 Å². The molecule has 1 saturated heterocycles. The highest BCUT2D eigenvalue weighted by molar-refractivity contribution is 6.46. The second-order valence-corrected chi connectivity index (χ2v) is 11.1. The van der Waals surface area contributed by atoms with Crippen molar-refractivity contribution < 1.29 is 29.1 Å². The molecule has 2 unspecified atom stereocenters. The fourth-order valence-electron chi connectivity index (χ4n) is 5.46. The van der Waals surface area contributed by atoms with Crippen LogP contribution < -0.4 is 19.5 Å². The molecule has 0 bridgehead atoms. The van der Waals surface area contributed by atoms with E-state index >= 15 is 0 Å². The summed E-state index contributed by atoms with van der Waals surface area (Å²) >= 11 is 0. The molecule has 39 heavy (non-hydrogen) atoms. The largest absolute Gasteiger partial charge is 0.872 e. The molecule has 2 atom stereocenters. The van der Waals surface area contributed by atoms with Crippen molar-refractivity contribution >= 4 is 17.4 Å². The van der Waals surface area contributed by atoms with Crippen molar-refractivity contribution in [3.63, 3.8) is 0 Å². The molecule has 2 aromatic rings. The maximum absolute atomic E-state index is 13.9. The van der Waals surface area contributed by atoms with E-state index < -0.39 is 23.5 Å². The van der Waals surface area contributed by atoms with Crippen LogP contribution >= 0.6 is 0 Å². The number of ether oxygens (including phenoxy) is 2. The number of hydrogen-bond acceptors (Lipinski definition) is 5. The number of Topliss-reactive ketones (excluding diaryl/α,β-unsaturated/α-hetero) is 1. The van der Waals surface area contributed by atoms with Gasteiger partial charge in [0.05, 0.1) is 32.3 Å². The van der Waals surface area contributed by atoms with Crippen LogP contribution in [0.5, 0.6) is 11.5 Å². The summed E-state index contributed by atoms with van der Waals surface area (Å²) in [6.45, 7) is 14.4. The van der Waals surface area contributed by atoms with E-state index in [9.17, 15) is 14.7 Å². The fraction of sp³-hybridized carbons (Fsp3) is 0.500. The Morgan fingerprint density at radius 3 is 2.64 bits per heavy atom. The smallest absolute Gasteiger partial charge is 0.295 e. The predicted octanol–water partition coefficient (Wildman–Crippen LogP) is 2.97. The molecule has 0 saturated carbocycles. The standard InChI is InChI=1S/C32H42N2O5/c1-6-33(7-2)15-9-16-34-29(23-10-8-11-26(20-23)38-17-14-21(3)4)28(31(36)32(34)37)30(35)24-12-13-27-25(19-24)18-22(5)39-27/h8,10-13,19-22,29,35H,6-7,9,14-18H2,1-5H3. The summed E-state index contributed by atoms with van der Waals surface area (Å²) in [5.74, 6) is 0.228. The predicted molar refractivity (Wildman–Crippen MR) is 150 cm³/mol. The van der Waals surface area contributed by atoms with Crippen LogP contribution in [-0.4, -0.2) is 55.5 Å². The van der Waals surface area contributed by atoms with E-state index in [0.29, 0.717) is 42.4 Å². The Morgan fingerprint density at radius 2 is 1.92 bits per heavy atom. The van der Waals surface area contributed by atoms with Gasteiger partial charge >= 0.3 is 0 Å². The molecular weight excluding hydrogens is 492 g/mol. The van der Waals surface area contributed by atoms with Crippen LogP contribution in [0.2, 0.25) is 0 Å². The molecule has 2 aliphatic heterocycles. The second kappa shape index (κ2) is 12.7. The van der Waals surface area contributed by atoms with E-state index in [-0.39, 0.29) is 11.7 Å². The Bertz CT molecular complexity index is 1220. The first-order chi connectivity index (χ1) is 18.7. The monoisotopic (exact) mass is 534 g/mol. The Balaban J connectivity index is 1.71. The number of nitrogens with zero attached hydrogens (tertiary/aromatic N) is 1. The summed E-state index contributed by atoms with van der Waals surface area (Å²) in [4.78, 5) is 29.8. The van der Waals surface area contributed by atoms with Gasteiger partial charge in [-0.15, -0.1) is 0 Å². The Morgan fingerprint density at radius 1 is 1.15 bits per heavy atom. The third-order valence-corrected chi connectivity index (χ3v) is 7.75. The van der Waals surface area contributed by atoms with Gasteiger partial charge in [0.25, 0.3) is 5.91 Å². The summed E-state index contributed by atoms with van der Waals surface area (Å²) in [6, 6.07) is 12.0. The van der Waals surface area contributed by atoms with E-state index in [4.69, 9.17) is 9.47 Å². The summed E-state index contributed by atoms with van der Waals surface area (Å²) < 4.78 is 11.8. The number of ketones is 1. The number of likely N-dealkylation sites (tertiary alicyclic amines) is 1. The molecule has 2 heterocycles. The molecule has 0 spiro atoms. The molecular formula is C32H42N2O5. The van der Waals surface area contributed by atoms with Crippen LogP contribution in [0.3, 0.4) is 0 Å². The summed E-state index contributed by atoms with van der Waals surface area (Å²) in [5.41, 5.74) is 2.09. The highest BCUT2D eigenvalue weighted by Crippen LogP contribution is 2.40. The highest BCUT2D eigenvalue weighted by Gasteiger charge is 2.44. The van der Waals surface area contributed by atoms with Gasteiger partial charge in [-0.3, -0.25) is 9.59 Å². The van der Waals surface area contributed by atoms with Crippen molar-refractivity contribution in [3.05, 3.63) is 64.7 Å². The number of carbonyl (C=O) groups excluding carboxylic acids is 2. The van der Waals surface area contributed by atoms with Crippen LogP contribution in [-0.2, 0) is 16.0 Å². The lowest BCUT2D eigenvalue weighted by Crippen LogP contribution is -3.11. The zero-order valence-electron chi connectivity index (χ0n) is 23.9. The van der Waals surface area contributed by atoms with Gasteiger partial charge in [0.15, 0.2) is 0 Å². The van der Waals surface area contributed by atoms with Crippen molar-refractivity contribution in [3.8, 4) is 11.5 Å². The number of fused-ring (bicyclic) bond motifs is 1. The molecule has 7 nitrogen and oxygen atoms in total. The third kappa shape index (κ3) is 6.47. The van der Waals surface area contributed by atoms with E-state index in [2.05, 4.69) is 27.7 Å². The molecule has 1 fully saturated rings. The number of rotatable bonds is 12. The quantitative estimate of drug-likeness (QED) is 0.257. The minimum absolute atomic E-state index is 0.0152. The summed E-state index contributed by atoms with van der Waals surface area (Å²) in [6.07, 6.45) is 2.41. The molecule has 4 rings (SSSR count). The van der Waals surface area contributed by atoms with Crippen LogP contribution in [0, 0.1) is 5.92 Å². The first kappa shape index (κ1) is 28.7. The van der Waals surface area contributed by atoms with Gasteiger partial charge < -0.3 is 24.4 Å². The van der Waals surface area contributed by atoms with Crippen LogP contribution in [0.25, 0.3) is 5.76 Å². The average molecular weight is 535 g/mol. The van der Waals surface area contributed by atoms with E-state index in [0.717, 1.165) is 43.8 Å². The van der Waals surface area contributed by atoms with Crippen molar-refractivity contribution in [1.29, 1.82) is 0 Å². The Hall–Kier alpha value is -3.32. The van der Waals surface area contributed by atoms with Gasteiger partial charge in [-0.1, -0.05) is 37.8 Å². The molecule has 7 heteroatoms. The van der Waals surface area contributed by atoms with E-state index in [1.807, 2.05) is 31.2 Å². The van der Waals surface area contributed by atoms with Crippen molar-refractivity contribution in [2.24, 2.45) is 5.92 Å². The molecule has 0 aliphatic carbocycles. The number of quaternary nitrogens is 1. The lowest BCUT2D eigenvalue weighted by Gasteiger charge is -2.28. The van der Waals surface area contributed by atoms with Crippen molar-refractivity contribution in [2.45, 2.75) is 66.0 Å². The molecule has 0 aromatic heterocycles. The zero-order valence-corrected chi connectivity index (χ0v) is 23.9. The SMILES string of the molecule is CC[NH+](CC)CCCN1C(=O)C(=O)C(=C([O-])c2ccc3c(c2)CC(C)O3)C1c1cccc(OCCC(C)C)c1. The average Bonchev–Trinajstić information content (AvgIpc) is 3.41. The molecule has 1 amide bonds. The number of nitrogens with one attached hydrogen (secondary N) is 1. The molecule has 0 radical (unpaired) electrons. The van der Waals surface area contributed by atoms with Gasteiger partial charge in [0.2, 0.25) is 5.78 Å². The number of carbonyl (C=O) groups is 2. The second-order valence-electron chi connectivity index (χ2n) is 11.1. The van der Waals surface area contributed by atoms with Crippen LogP contribution in [0.15, 0.2) is 48.0 Å². The maximum Gasteiger partial charge on any atom is 0.295 e. The normalized spacial score (nSPS) is 20.1. The van der Waals surface area contributed by atoms with Gasteiger partial charge in [0, 0.05) is 25.0 Å². The fourth-order valence-corrected chi connectivity index (χ4v) is 5.46. The van der Waals surface area contributed by atoms with Crippen LogP contribution in [0.4, 0.5) is 0 Å². The van der Waals surface area contributed by atoms with Gasteiger partial charge in [-0.05, 0) is 74.1 Å². The topological polar surface area (TPSA) is 83.3 Å². The minimum Gasteiger partial charge on any atom is -0.872 e. The molecule has 2 aromatic carbocycles. The highest BCUT2D eigenvalue weighted by atomic mass is 16.5. The lowest BCUT2D eigenvalue weighted by molar-refractivity contribution is -0.896. The first-order valence-electron chi connectivity index (χ1n) is 14.4. The number of amides is 1. The summed E-state index contributed by atoms with van der Waals surface area (Å²) in [5, 5.41) is 13.9.